The number of carboxylic acid groups (broad SMARTS) is 1. The molecule has 0 atom stereocenters. The van der Waals surface area contributed by atoms with Crippen molar-refractivity contribution in [3.63, 3.8) is 0 Å². The normalized spacial score (nSPS) is 17.0. The Morgan fingerprint density at radius 3 is 2.61 bits per heavy atom. The highest BCUT2D eigenvalue weighted by Crippen LogP contribution is 2.30. The van der Waals surface area contributed by atoms with Crippen molar-refractivity contribution in [3.8, 4) is 0 Å². The van der Waals surface area contributed by atoms with E-state index in [0.717, 1.165) is 17.9 Å². The zero-order valence-corrected chi connectivity index (χ0v) is 11.3. The summed E-state index contributed by atoms with van der Waals surface area (Å²) in [5, 5.41) is 9.27. The van der Waals surface area contributed by atoms with Gasteiger partial charge in [0.1, 0.15) is 0 Å². The predicted molar refractivity (Wildman–Crippen MR) is 72.8 cm³/mol. The molecule has 2 nitrogen and oxygen atoms in total. The van der Waals surface area contributed by atoms with E-state index in [4.69, 9.17) is 0 Å². The highest BCUT2D eigenvalue weighted by Gasteiger charge is 2.29. The minimum atomic E-state index is -0.800. The van der Waals surface area contributed by atoms with Gasteiger partial charge in [0.05, 0.1) is 5.41 Å². The van der Waals surface area contributed by atoms with Crippen molar-refractivity contribution in [2.75, 3.05) is 0 Å². The minimum absolute atomic E-state index is 0.763. The number of hydrogen-bond acceptors (Lipinski definition) is 1. The topological polar surface area (TPSA) is 37.3 Å². The van der Waals surface area contributed by atoms with Gasteiger partial charge in [-0.15, -0.1) is 0 Å². The SMILES string of the molecule is CC(C)(C(=O)O)c1cccc(CC2CCCC2)c1. The second kappa shape index (κ2) is 5.13. The van der Waals surface area contributed by atoms with E-state index in [1.165, 1.54) is 31.2 Å². The third-order valence-electron chi connectivity index (χ3n) is 4.18. The van der Waals surface area contributed by atoms with Gasteiger partial charge < -0.3 is 5.11 Å². The van der Waals surface area contributed by atoms with Gasteiger partial charge in [-0.3, -0.25) is 4.79 Å². The van der Waals surface area contributed by atoms with Crippen LogP contribution < -0.4 is 0 Å². The van der Waals surface area contributed by atoms with Crippen LogP contribution in [0.2, 0.25) is 0 Å². The van der Waals surface area contributed by atoms with E-state index in [0.29, 0.717) is 0 Å². The summed E-state index contributed by atoms with van der Waals surface area (Å²) < 4.78 is 0. The summed E-state index contributed by atoms with van der Waals surface area (Å²) in [4.78, 5) is 11.3. The highest BCUT2D eigenvalue weighted by atomic mass is 16.4. The van der Waals surface area contributed by atoms with Crippen molar-refractivity contribution in [2.45, 2.75) is 51.4 Å². The Kier molecular flexibility index (Phi) is 3.74. The van der Waals surface area contributed by atoms with Crippen LogP contribution in [0, 0.1) is 5.92 Å². The molecule has 0 radical (unpaired) electrons. The zero-order valence-electron chi connectivity index (χ0n) is 11.3. The summed E-state index contributed by atoms with van der Waals surface area (Å²) in [6, 6.07) is 8.11. The van der Waals surface area contributed by atoms with Gasteiger partial charge in [0.2, 0.25) is 0 Å². The maximum Gasteiger partial charge on any atom is 0.313 e. The average molecular weight is 246 g/mol. The molecule has 0 unspecified atom stereocenters. The summed E-state index contributed by atoms with van der Waals surface area (Å²) in [7, 11) is 0. The lowest BCUT2D eigenvalue weighted by atomic mass is 9.83. The van der Waals surface area contributed by atoms with Gasteiger partial charge in [0, 0.05) is 0 Å². The number of rotatable bonds is 4. The summed E-state index contributed by atoms with van der Waals surface area (Å²) in [6.07, 6.45) is 6.46. The first-order chi connectivity index (χ1) is 8.50. The Labute approximate surface area is 109 Å². The largest absolute Gasteiger partial charge is 0.481 e. The fourth-order valence-electron chi connectivity index (χ4n) is 2.76. The van der Waals surface area contributed by atoms with Crippen molar-refractivity contribution in [2.24, 2.45) is 5.92 Å². The Hall–Kier alpha value is -1.31. The average Bonchev–Trinajstić information content (AvgIpc) is 2.82. The summed E-state index contributed by atoms with van der Waals surface area (Å²) >= 11 is 0. The molecule has 0 spiro atoms. The Morgan fingerprint density at radius 2 is 2.00 bits per heavy atom. The van der Waals surface area contributed by atoms with Gasteiger partial charge in [-0.2, -0.15) is 0 Å². The second-order valence-corrected chi connectivity index (χ2v) is 5.99. The molecule has 2 rings (SSSR count). The van der Waals surface area contributed by atoms with Crippen molar-refractivity contribution in [3.05, 3.63) is 35.4 Å². The molecule has 1 fully saturated rings. The van der Waals surface area contributed by atoms with Crippen molar-refractivity contribution < 1.29 is 9.90 Å². The first-order valence-electron chi connectivity index (χ1n) is 6.83. The van der Waals surface area contributed by atoms with Gasteiger partial charge in [0.15, 0.2) is 0 Å². The molecule has 0 bridgehead atoms. The molecule has 0 saturated heterocycles. The van der Waals surface area contributed by atoms with Crippen LogP contribution in [0.15, 0.2) is 24.3 Å². The van der Waals surface area contributed by atoms with Gasteiger partial charge in [-0.1, -0.05) is 49.9 Å². The lowest BCUT2D eigenvalue weighted by Crippen LogP contribution is -2.28. The van der Waals surface area contributed by atoms with E-state index < -0.39 is 11.4 Å². The molecule has 1 aliphatic carbocycles. The van der Waals surface area contributed by atoms with E-state index >= 15 is 0 Å². The van der Waals surface area contributed by atoms with Crippen molar-refractivity contribution in [1.82, 2.24) is 0 Å². The fourth-order valence-corrected chi connectivity index (χ4v) is 2.76. The smallest absolute Gasteiger partial charge is 0.313 e. The van der Waals surface area contributed by atoms with E-state index in [9.17, 15) is 9.90 Å². The van der Waals surface area contributed by atoms with Crippen molar-refractivity contribution >= 4 is 5.97 Å². The van der Waals surface area contributed by atoms with E-state index in [1.54, 1.807) is 13.8 Å². The van der Waals surface area contributed by atoms with Crippen LogP contribution in [0.25, 0.3) is 0 Å². The predicted octanol–water partition coefficient (Wildman–Crippen LogP) is 3.78. The summed E-state index contributed by atoms with van der Waals surface area (Å²) in [5.74, 6) is 0.0358. The molecule has 1 aromatic rings. The molecule has 18 heavy (non-hydrogen) atoms. The highest BCUT2D eigenvalue weighted by molar-refractivity contribution is 5.80. The Morgan fingerprint density at radius 1 is 1.33 bits per heavy atom. The van der Waals surface area contributed by atoms with Crippen LogP contribution >= 0.6 is 0 Å². The lowest BCUT2D eigenvalue weighted by Gasteiger charge is -2.21. The van der Waals surface area contributed by atoms with Gasteiger partial charge in [0.25, 0.3) is 0 Å². The number of hydrogen-bond donors (Lipinski definition) is 1. The maximum atomic E-state index is 11.3. The summed E-state index contributed by atoms with van der Waals surface area (Å²) in [5.41, 5.74) is 1.39. The molecule has 1 N–H and O–H groups in total. The van der Waals surface area contributed by atoms with Crippen LogP contribution in [0.1, 0.15) is 50.7 Å². The number of aliphatic carboxylic acids is 1. The molecular formula is C16H22O2. The molecule has 98 valence electrons. The van der Waals surface area contributed by atoms with E-state index in [-0.39, 0.29) is 0 Å². The summed E-state index contributed by atoms with van der Waals surface area (Å²) in [6.45, 7) is 3.54. The number of benzene rings is 1. The first kappa shape index (κ1) is 13.1. The first-order valence-corrected chi connectivity index (χ1v) is 6.83. The van der Waals surface area contributed by atoms with Crippen LogP contribution in [0.5, 0.6) is 0 Å². The molecule has 2 heteroatoms. The van der Waals surface area contributed by atoms with Crippen LogP contribution in [-0.2, 0) is 16.6 Å². The minimum Gasteiger partial charge on any atom is -0.481 e. The standard InChI is InChI=1S/C16H22O2/c1-16(2,15(17)18)14-9-5-8-13(11-14)10-12-6-3-4-7-12/h5,8-9,11-12H,3-4,6-7,10H2,1-2H3,(H,17,18). The van der Waals surface area contributed by atoms with E-state index in [2.05, 4.69) is 12.1 Å². The molecule has 0 aromatic heterocycles. The third-order valence-corrected chi connectivity index (χ3v) is 4.18. The molecule has 0 heterocycles. The fraction of sp³-hybridized carbons (Fsp3) is 0.562. The maximum absolute atomic E-state index is 11.3. The second-order valence-electron chi connectivity index (χ2n) is 5.99. The van der Waals surface area contributed by atoms with Gasteiger partial charge >= 0.3 is 5.97 Å². The number of carboxylic acids is 1. The van der Waals surface area contributed by atoms with Crippen LogP contribution in [-0.4, -0.2) is 11.1 Å². The van der Waals surface area contributed by atoms with Crippen molar-refractivity contribution in [1.29, 1.82) is 0 Å². The quantitative estimate of drug-likeness (QED) is 0.877. The lowest BCUT2D eigenvalue weighted by molar-refractivity contribution is -0.142. The molecule has 0 aliphatic heterocycles. The van der Waals surface area contributed by atoms with Gasteiger partial charge in [-0.25, -0.2) is 0 Å². The monoisotopic (exact) mass is 246 g/mol. The molecule has 1 saturated carbocycles. The van der Waals surface area contributed by atoms with Crippen LogP contribution in [0.4, 0.5) is 0 Å². The molecule has 1 aliphatic rings. The Balaban J connectivity index is 2.16. The van der Waals surface area contributed by atoms with Crippen LogP contribution in [0.3, 0.4) is 0 Å². The third kappa shape index (κ3) is 2.74. The van der Waals surface area contributed by atoms with E-state index in [1.807, 2.05) is 12.1 Å². The molecule has 1 aromatic carbocycles. The molecule has 0 amide bonds. The Bertz CT molecular complexity index is 428. The number of carbonyl (C=O) groups is 1. The zero-order chi connectivity index (χ0) is 13.2. The molecular weight excluding hydrogens is 224 g/mol. The van der Waals surface area contributed by atoms with Gasteiger partial charge in [-0.05, 0) is 37.3 Å².